The quantitative estimate of drug-likeness (QED) is 0.669. The molecule has 0 unspecified atom stereocenters. The summed E-state index contributed by atoms with van der Waals surface area (Å²) in [6, 6.07) is 16.6. The highest BCUT2D eigenvalue weighted by molar-refractivity contribution is 5.92. The minimum Gasteiger partial charge on any atom is -0.378 e. The van der Waals surface area contributed by atoms with Crippen LogP contribution < -0.4 is 10.6 Å². The molecule has 1 heterocycles. The van der Waals surface area contributed by atoms with Gasteiger partial charge in [0, 0.05) is 41.9 Å². The smallest absolute Gasteiger partial charge is 0.0991 e. The van der Waals surface area contributed by atoms with Crippen LogP contribution in [0.3, 0.4) is 0 Å². The Morgan fingerprint density at radius 3 is 2.68 bits per heavy atom. The zero-order valence-corrected chi connectivity index (χ0v) is 14.8. The van der Waals surface area contributed by atoms with E-state index in [4.69, 9.17) is 5.73 Å². The fraction of sp³-hybridized carbons (Fsp3) is 0.286. The molecule has 0 bridgehead atoms. The number of hydrogen-bond acceptors (Lipinski definition) is 3. The second-order valence-electron chi connectivity index (χ2n) is 6.54. The predicted molar refractivity (Wildman–Crippen MR) is 105 cm³/mol. The topological polar surface area (TPSA) is 68.8 Å². The van der Waals surface area contributed by atoms with Gasteiger partial charge in [0.15, 0.2) is 0 Å². The Balaban J connectivity index is 2.14. The lowest BCUT2D eigenvalue weighted by atomic mass is 9.99. The third kappa shape index (κ3) is 3.52. The molecule has 25 heavy (non-hydrogen) atoms. The van der Waals surface area contributed by atoms with Crippen LogP contribution in [0.4, 0.5) is 5.69 Å². The average molecular weight is 332 g/mol. The van der Waals surface area contributed by atoms with E-state index in [-0.39, 0.29) is 0 Å². The third-order valence-electron chi connectivity index (χ3n) is 4.57. The van der Waals surface area contributed by atoms with Gasteiger partial charge in [0.2, 0.25) is 0 Å². The van der Waals surface area contributed by atoms with E-state index in [1.165, 1.54) is 16.8 Å². The molecule has 0 saturated heterocycles. The molecule has 2 aromatic carbocycles. The van der Waals surface area contributed by atoms with Crippen LogP contribution in [-0.4, -0.2) is 25.6 Å². The van der Waals surface area contributed by atoms with E-state index in [0.717, 1.165) is 35.9 Å². The van der Waals surface area contributed by atoms with E-state index in [1.54, 1.807) is 0 Å². The molecule has 3 aromatic rings. The molecular weight excluding hydrogens is 308 g/mol. The van der Waals surface area contributed by atoms with Gasteiger partial charge in [-0.3, -0.25) is 0 Å². The SMILES string of the molecule is CN(C)c1cccc(-c2[nH]c3ccc(C#N)cc3c2CCCCN)c1. The standard InChI is InChI=1S/C21H24N4/c1-25(2)17-7-5-6-16(13-17)21-18(8-3-4-11-22)19-12-15(14-23)9-10-20(19)24-21/h5-7,9-10,12-13,24H,3-4,8,11,22H2,1-2H3. The lowest BCUT2D eigenvalue weighted by Gasteiger charge is -2.14. The molecule has 128 valence electrons. The number of aromatic nitrogens is 1. The van der Waals surface area contributed by atoms with E-state index in [1.807, 2.05) is 32.3 Å². The van der Waals surface area contributed by atoms with Gasteiger partial charge in [-0.05, 0) is 61.7 Å². The summed E-state index contributed by atoms with van der Waals surface area (Å²) in [6.45, 7) is 0.706. The van der Waals surface area contributed by atoms with Crippen molar-refractivity contribution >= 4 is 16.6 Å². The third-order valence-corrected chi connectivity index (χ3v) is 4.57. The van der Waals surface area contributed by atoms with Crippen LogP contribution in [0.25, 0.3) is 22.2 Å². The maximum atomic E-state index is 9.24. The number of rotatable bonds is 6. The van der Waals surface area contributed by atoms with Crippen molar-refractivity contribution in [3.05, 3.63) is 53.6 Å². The van der Waals surface area contributed by atoms with Crippen LogP contribution in [-0.2, 0) is 6.42 Å². The van der Waals surface area contributed by atoms with Crippen molar-refractivity contribution in [3.8, 4) is 17.3 Å². The van der Waals surface area contributed by atoms with Crippen molar-refractivity contribution in [2.24, 2.45) is 5.73 Å². The second-order valence-corrected chi connectivity index (χ2v) is 6.54. The molecule has 0 amide bonds. The van der Waals surface area contributed by atoms with Gasteiger partial charge in [-0.1, -0.05) is 12.1 Å². The Morgan fingerprint density at radius 2 is 1.96 bits per heavy atom. The molecule has 0 atom stereocenters. The number of hydrogen-bond donors (Lipinski definition) is 2. The van der Waals surface area contributed by atoms with Crippen molar-refractivity contribution < 1.29 is 0 Å². The molecule has 4 nitrogen and oxygen atoms in total. The summed E-state index contributed by atoms with van der Waals surface area (Å²) in [5, 5.41) is 10.4. The van der Waals surface area contributed by atoms with Crippen LogP contribution in [0, 0.1) is 11.3 Å². The van der Waals surface area contributed by atoms with Gasteiger partial charge in [0.05, 0.1) is 11.6 Å². The zero-order chi connectivity index (χ0) is 17.8. The van der Waals surface area contributed by atoms with Gasteiger partial charge in [0.1, 0.15) is 0 Å². The zero-order valence-electron chi connectivity index (χ0n) is 14.8. The number of unbranched alkanes of at least 4 members (excludes halogenated alkanes) is 1. The molecule has 0 aliphatic heterocycles. The summed E-state index contributed by atoms with van der Waals surface area (Å²) in [5.74, 6) is 0. The normalized spacial score (nSPS) is 10.8. The number of aryl methyl sites for hydroxylation is 1. The van der Waals surface area contributed by atoms with Gasteiger partial charge in [-0.2, -0.15) is 5.26 Å². The Morgan fingerprint density at radius 1 is 1.12 bits per heavy atom. The number of nitrogens with two attached hydrogens (primary N) is 1. The van der Waals surface area contributed by atoms with Crippen LogP contribution in [0.5, 0.6) is 0 Å². The number of nitriles is 1. The molecule has 0 radical (unpaired) electrons. The average Bonchev–Trinajstić information content (AvgIpc) is 3.00. The highest BCUT2D eigenvalue weighted by atomic mass is 15.1. The monoisotopic (exact) mass is 332 g/mol. The Bertz CT molecular complexity index is 915. The summed E-state index contributed by atoms with van der Waals surface area (Å²) in [4.78, 5) is 5.67. The van der Waals surface area contributed by atoms with Crippen molar-refractivity contribution in [3.63, 3.8) is 0 Å². The Labute approximate surface area is 148 Å². The summed E-state index contributed by atoms with van der Waals surface area (Å²) >= 11 is 0. The van der Waals surface area contributed by atoms with Crippen molar-refractivity contribution in [1.29, 1.82) is 5.26 Å². The van der Waals surface area contributed by atoms with Crippen LogP contribution in [0.2, 0.25) is 0 Å². The first kappa shape index (κ1) is 17.1. The highest BCUT2D eigenvalue weighted by Gasteiger charge is 2.14. The van der Waals surface area contributed by atoms with Crippen LogP contribution >= 0.6 is 0 Å². The molecule has 0 aliphatic carbocycles. The number of nitrogens with one attached hydrogen (secondary N) is 1. The summed E-state index contributed by atoms with van der Waals surface area (Å²) in [7, 11) is 4.09. The largest absolute Gasteiger partial charge is 0.378 e. The van der Waals surface area contributed by atoms with Gasteiger partial charge < -0.3 is 15.6 Å². The fourth-order valence-corrected chi connectivity index (χ4v) is 3.21. The highest BCUT2D eigenvalue weighted by Crippen LogP contribution is 2.33. The molecule has 3 N–H and O–H groups in total. The first-order valence-electron chi connectivity index (χ1n) is 8.66. The molecular formula is C21H24N4. The van der Waals surface area contributed by atoms with E-state index < -0.39 is 0 Å². The predicted octanol–water partition coefficient (Wildman–Crippen LogP) is 4.05. The van der Waals surface area contributed by atoms with Gasteiger partial charge in [-0.25, -0.2) is 0 Å². The second kappa shape index (κ2) is 7.42. The summed E-state index contributed by atoms with van der Waals surface area (Å²) in [5.41, 5.74) is 12.2. The van der Waals surface area contributed by atoms with E-state index in [0.29, 0.717) is 12.1 Å². The number of fused-ring (bicyclic) bond motifs is 1. The number of benzene rings is 2. The lowest BCUT2D eigenvalue weighted by molar-refractivity contribution is 0.748. The van der Waals surface area contributed by atoms with Crippen molar-refractivity contribution in [2.45, 2.75) is 19.3 Å². The molecule has 4 heteroatoms. The van der Waals surface area contributed by atoms with E-state index in [9.17, 15) is 5.26 Å². The molecule has 0 fully saturated rings. The van der Waals surface area contributed by atoms with Crippen LogP contribution in [0.1, 0.15) is 24.0 Å². The molecule has 0 aliphatic rings. The number of anilines is 1. The Hall–Kier alpha value is -2.77. The summed E-state index contributed by atoms with van der Waals surface area (Å²) in [6.07, 6.45) is 3.00. The number of aromatic amines is 1. The first-order chi connectivity index (χ1) is 12.1. The summed E-state index contributed by atoms with van der Waals surface area (Å²) < 4.78 is 0. The maximum absolute atomic E-state index is 9.24. The van der Waals surface area contributed by atoms with Crippen molar-refractivity contribution in [2.75, 3.05) is 25.5 Å². The number of nitrogens with zero attached hydrogens (tertiary/aromatic N) is 2. The maximum Gasteiger partial charge on any atom is 0.0991 e. The van der Waals surface area contributed by atoms with Gasteiger partial charge in [0.25, 0.3) is 0 Å². The van der Waals surface area contributed by atoms with Gasteiger partial charge >= 0.3 is 0 Å². The minimum absolute atomic E-state index is 0.695. The molecule has 3 rings (SSSR count). The minimum atomic E-state index is 0.695. The van der Waals surface area contributed by atoms with E-state index >= 15 is 0 Å². The number of H-pyrrole nitrogens is 1. The fourth-order valence-electron chi connectivity index (χ4n) is 3.21. The van der Waals surface area contributed by atoms with Gasteiger partial charge in [-0.15, -0.1) is 0 Å². The van der Waals surface area contributed by atoms with Crippen LogP contribution in [0.15, 0.2) is 42.5 Å². The Kier molecular flexibility index (Phi) is 5.06. The van der Waals surface area contributed by atoms with Crippen molar-refractivity contribution in [1.82, 2.24) is 4.98 Å². The van der Waals surface area contributed by atoms with E-state index in [2.05, 4.69) is 40.2 Å². The molecule has 1 aromatic heterocycles. The first-order valence-corrected chi connectivity index (χ1v) is 8.66. The lowest BCUT2D eigenvalue weighted by Crippen LogP contribution is -2.08. The molecule has 0 saturated carbocycles. The molecule has 0 spiro atoms.